The van der Waals surface area contributed by atoms with Crippen molar-refractivity contribution < 1.29 is 14.2 Å². The molecule has 0 spiro atoms. The van der Waals surface area contributed by atoms with Gasteiger partial charge in [-0.05, 0) is 60.9 Å². The van der Waals surface area contributed by atoms with Crippen molar-refractivity contribution in [1.82, 2.24) is 0 Å². The fourth-order valence-corrected chi connectivity index (χ4v) is 3.02. The van der Waals surface area contributed by atoms with Gasteiger partial charge in [0.05, 0.1) is 20.8 Å². The lowest BCUT2D eigenvalue weighted by Crippen LogP contribution is -2.30. The molecular formula is C19H23NO3. The van der Waals surface area contributed by atoms with Crippen molar-refractivity contribution in [3.63, 3.8) is 0 Å². The number of benzene rings is 2. The maximum absolute atomic E-state index is 5.51. The van der Waals surface area contributed by atoms with Crippen LogP contribution < -0.4 is 19.1 Å². The van der Waals surface area contributed by atoms with Crippen molar-refractivity contribution in [3.05, 3.63) is 47.5 Å². The molecule has 0 aliphatic carbocycles. The molecule has 122 valence electrons. The summed E-state index contributed by atoms with van der Waals surface area (Å²) >= 11 is 0. The largest absolute Gasteiger partial charge is 0.494 e. The summed E-state index contributed by atoms with van der Waals surface area (Å²) in [6.07, 6.45) is 1.00. The molecule has 2 aromatic carbocycles. The Morgan fingerprint density at radius 1 is 0.957 bits per heavy atom. The second-order valence-electron chi connectivity index (χ2n) is 5.57. The molecule has 0 atom stereocenters. The smallest absolute Gasteiger partial charge is 0.161 e. The molecule has 0 unspecified atom stereocenters. The van der Waals surface area contributed by atoms with E-state index in [4.69, 9.17) is 14.2 Å². The number of hydrogen-bond donors (Lipinski definition) is 0. The minimum absolute atomic E-state index is 0.693. The number of rotatable bonds is 5. The first-order chi connectivity index (χ1) is 11.2. The molecule has 1 aliphatic rings. The summed E-state index contributed by atoms with van der Waals surface area (Å²) in [5, 5.41) is 0. The van der Waals surface area contributed by atoms with Crippen LogP contribution in [0.15, 0.2) is 36.4 Å². The third-order valence-corrected chi connectivity index (χ3v) is 4.23. The number of anilines is 1. The Bertz CT molecular complexity index is 667. The van der Waals surface area contributed by atoms with Gasteiger partial charge in [-0.15, -0.1) is 0 Å². The molecule has 23 heavy (non-hydrogen) atoms. The van der Waals surface area contributed by atoms with Crippen LogP contribution in [0.3, 0.4) is 0 Å². The molecule has 2 aromatic rings. The lowest BCUT2D eigenvalue weighted by atomic mass is 9.98. The van der Waals surface area contributed by atoms with E-state index in [1.54, 1.807) is 14.2 Å². The minimum Gasteiger partial charge on any atom is -0.494 e. The molecule has 4 heteroatoms. The Kier molecular flexibility index (Phi) is 4.60. The zero-order valence-corrected chi connectivity index (χ0v) is 14.0. The van der Waals surface area contributed by atoms with Gasteiger partial charge in [-0.2, -0.15) is 0 Å². The van der Waals surface area contributed by atoms with Gasteiger partial charge in [-0.25, -0.2) is 0 Å². The summed E-state index contributed by atoms with van der Waals surface area (Å²) in [5.74, 6) is 2.51. The average Bonchev–Trinajstić information content (AvgIpc) is 2.61. The summed E-state index contributed by atoms with van der Waals surface area (Å²) in [4.78, 5) is 2.38. The van der Waals surface area contributed by atoms with Crippen molar-refractivity contribution in [3.8, 4) is 17.2 Å². The first-order valence-electron chi connectivity index (χ1n) is 7.96. The highest BCUT2D eigenvalue weighted by atomic mass is 16.5. The highest BCUT2D eigenvalue weighted by molar-refractivity contribution is 5.54. The van der Waals surface area contributed by atoms with Crippen molar-refractivity contribution >= 4 is 5.69 Å². The van der Waals surface area contributed by atoms with Crippen LogP contribution in [0.1, 0.15) is 18.1 Å². The second kappa shape index (κ2) is 6.82. The van der Waals surface area contributed by atoms with Crippen LogP contribution >= 0.6 is 0 Å². The number of nitrogens with zero attached hydrogens (tertiary/aromatic N) is 1. The van der Waals surface area contributed by atoms with E-state index in [1.807, 2.05) is 19.1 Å². The lowest BCUT2D eigenvalue weighted by Gasteiger charge is -2.31. The molecule has 0 amide bonds. The fourth-order valence-electron chi connectivity index (χ4n) is 3.02. The Hall–Kier alpha value is -2.36. The Morgan fingerprint density at radius 3 is 2.22 bits per heavy atom. The summed E-state index contributed by atoms with van der Waals surface area (Å²) in [6, 6.07) is 12.5. The van der Waals surface area contributed by atoms with E-state index in [-0.39, 0.29) is 0 Å². The quantitative estimate of drug-likeness (QED) is 0.843. The molecular weight excluding hydrogens is 290 g/mol. The van der Waals surface area contributed by atoms with Gasteiger partial charge in [-0.3, -0.25) is 0 Å². The molecule has 0 aromatic heterocycles. The van der Waals surface area contributed by atoms with Crippen molar-refractivity contribution in [2.24, 2.45) is 0 Å². The standard InChI is InChI=1S/C19H23NO3/c1-4-23-17-7-5-16(6-8-17)20-10-9-14-11-18(21-2)19(22-3)12-15(14)13-20/h5-8,11-12H,4,9-10,13H2,1-3H3. The van der Waals surface area contributed by atoms with Crippen LogP contribution in [-0.2, 0) is 13.0 Å². The first kappa shape index (κ1) is 15.5. The minimum atomic E-state index is 0.693. The summed E-state index contributed by atoms with van der Waals surface area (Å²) in [6.45, 7) is 4.56. The molecule has 3 rings (SSSR count). The van der Waals surface area contributed by atoms with Crippen LogP contribution in [0.2, 0.25) is 0 Å². The third kappa shape index (κ3) is 3.21. The molecule has 0 saturated carbocycles. The molecule has 0 N–H and O–H groups in total. The maximum Gasteiger partial charge on any atom is 0.161 e. The summed E-state index contributed by atoms with van der Waals surface area (Å²) < 4.78 is 16.3. The number of hydrogen-bond acceptors (Lipinski definition) is 4. The van der Waals surface area contributed by atoms with Crippen LogP contribution in [0.25, 0.3) is 0 Å². The molecule has 0 fully saturated rings. The van der Waals surface area contributed by atoms with Gasteiger partial charge in [0.25, 0.3) is 0 Å². The monoisotopic (exact) mass is 313 g/mol. The number of methoxy groups -OCH3 is 2. The van der Waals surface area contributed by atoms with E-state index in [9.17, 15) is 0 Å². The van der Waals surface area contributed by atoms with E-state index < -0.39 is 0 Å². The van der Waals surface area contributed by atoms with Gasteiger partial charge in [-0.1, -0.05) is 0 Å². The van der Waals surface area contributed by atoms with E-state index >= 15 is 0 Å². The van der Waals surface area contributed by atoms with Crippen LogP contribution in [0.4, 0.5) is 5.69 Å². The molecule has 0 saturated heterocycles. The SMILES string of the molecule is CCOc1ccc(N2CCc3cc(OC)c(OC)cc3C2)cc1. The highest BCUT2D eigenvalue weighted by Crippen LogP contribution is 2.34. The van der Waals surface area contributed by atoms with E-state index in [0.717, 1.165) is 36.8 Å². The van der Waals surface area contributed by atoms with Gasteiger partial charge >= 0.3 is 0 Å². The van der Waals surface area contributed by atoms with E-state index in [2.05, 4.69) is 29.2 Å². The van der Waals surface area contributed by atoms with Crippen LogP contribution in [0.5, 0.6) is 17.2 Å². The van der Waals surface area contributed by atoms with E-state index in [1.165, 1.54) is 16.8 Å². The van der Waals surface area contributed by atoms with Gasteiger partial charge in [0.2, 0.25) is 0 Å². The highest BCUT2D eigenvalue weighted by Gasteiger charge is 2.19. The first-order valence-corrected chi connectivity index (χ1v) is 7.96. The summed E-state index contributed by atoms with van der Waals surface area (Å²) in [5.41, 5.74) is 3.85. The number of ether oxygens (including phenoxy) is 3. The zero-order chi connectivity index (χ0) is 16.2. The lowest BCUT2D eigenvalue weighted by molar-refractivity contribution is 0.340. The molecule has 4 nitrogen and oxygen atoms in total. The zero-order valence-electron chi connectivity index (χ0n) is 14.0. The molecule has 0 bridgehead atoms. The normalized spacial score (nSPS) is 13.4. The fraction of sp³-hybridized carbons (Fsp3) is 0.368. The molecule has 1 aliphatic heterocycles. The Labute approximate surface area is 137 Å². The molecule has 0 radical (unpaired) electrons. The van der Waals surface area contributed by atoms with Crippen LogP contribution in [0, 0.1) is 0 Å². The third-order valence-electron chi connectivity index (χ3n) is 4.23. The van der Waals surface area contributed by atoms with Crippen molar-refractivity contribution in [2.45, 2.75) is 19.9 Å². The number of fused-ring (bicyclic) bond motifs is 1. The van der Waals surface area contributed by atoms with Crippen molar-refractivity contribution in [1.29, 1.82) is 0 Å². The average molecular weight is 313 g/mol. The summed E-state index contributed by atoms with van der Waals surface area (Å²) in [7, 11) is 3.36. The van der Waals surface area contributed by atoms with E-state index in [0.29, 0.717) is 6.61 Å². The van der Waals surface area contributed by atoms with Gasteiger partial charge in [0.15, 0.2) is 11.5 Å². The van der Waals surface area contributed by atoms with Gasteiger partial charge in [0, 0.05) is 18.8 Å². The molecule has 1 heterocycles. The predicted molar refractivity (Wildman–Crippen MR) is 91.9 cm³/mol. The van der Waals surface area contributed by atoms with Gasteiger partial charge in [0.1, 0.15) is 5.75 Å². The second-order valence-corrected chi connectivity index (χ2v) is 5.57. The Morgan fingerprint density at radius 2 is 1.61 bits per heavy atom. The Balaban J connectivity index is 1.81. The predicted octanol–water partition coefficient (Wildman–Crippen LogP) is 3.67. The van der Waals surface area contributed by atoms with Crippen LogP contribution in [-0.4, -0.2) is 27.4 Å². The van der Waals surface area contributed by atoms with Gasteiger partial charge < -0.3 is 19.1 Å². The topological polar surface area (TPSA) is 30.9 Å². The van der Waals surface area contributed by atoms with Crippen molar-refractivity contribution in [2.75, 3.05) is 32.3 Å². The maximum atomic E-state index is 5.51.